The van der Waals surface area contributed by atoms with Gasteiger partial charge in [0.2, 0.25) is 0 Å². The van der Waals surface area contributed by atoms with Crippen LogP contribution in [0.2, 0.25) is 0 Å². The highest BCUT2D eigenvalue weighted by atomic mass is 16.5. The zero-order chi connectivity index (χ0) is 17.1. The number of nitrogens with one attached hydrogen (secondary N) is 1. The van der Waals surface area contributed by atoms with Gasteiger partial charge in [-0.3, -0.25) is 10.0 Å². The number of fused-ring (bicyclic) bond motifs is 1. The Hall–Kier alpha value is -2.65. The number of allylic oxidation sites excluding steroid dienone is 1. The zero-order valence-corrected chi connectivity index (χ0v) is 13.8. The Bertz CT molecular complexity index is 833. The second-order valence-corrected chi connectivity index (χ2v) is 6.41. The minimum absolute atomic E-state index is 0.434. The Labute approximate surface area is 142 Å². The van der Waals surface area contributed by atoms with E-state index in [1.165, 1.54) is 16.7 Å². The van der Waals surface area contributed by atoms with E-state index in [0.717, 1.165) is 29.5 Å². The minimum Gasteiger partial charge on any atom is -0.288 e. The van der Waals surface area contributed by atoms with Gasteiger partial charge in [-0.25, -0.2) is 5.48 Å². The van der Waals surface area contributed by atoms with Gasteiger partial charge in [0.05, 0.1) is 0 Å². The number of hydrogen-bond donors (Lipinski definition) is 2. The highest BCUT2D eigenvalue weighted by molar-refractivity contribution is 5.99. The lowest BCUT2D eigenvalue weighted by Gasteiger charge is -2.09. The van der Waals surface area contributed by atoms with Gasteiger partial charge >= 0.3 is 0 Å². The Morgan fingerprint density at radius 2 is 1.92 bits per heavy atom. The molecule has 24 heavy (non-hydrogen) atoms. The van der Waals surface area contributed by atoms with E-state index in [0.29, 0.717) is 12.0 Å². The molecule has 0 heterocycles. The molecule has 0 fully saturated rings. The van der Waals surface area contributed by atoms with Crippen molar-refractivity contribution < 1.29 is 10.0 Å². The third kappa shape index (κ3) is 3.63. The predicted octanol–water partition coefficient (Wildman–Crippen LogP) is 3.78. The fourth-order valence-corrected chi connectivity index (χ4v) is 3.17. The van der Waals surface area contributed by atoms with Crippen LogP contribution in [0.5, 0.6) is 0 Å². The first kappa shape index (κ1) is 16.2. The summed E-state index contributed by atoms with van der Waals surface area (Å²) in [5.74, 6) is -0.434. The number of aryl methyl sites for hydroxylation is 1. The second-order valence-electron chi connectivity index (χ2n) is 6.41. The lowest BCUT2D eigenvalue weighted by molar-refractivity contribution is -0.125. The topological polar surface area (TPSA) is 49.3 Å². The molecule has 2 N–H and O–H groups in total. The number of rotatable bonds is 5. The first-order valence-electron chi connectivity index (χ1n) is 8.04. The van der Waals surface area contributed by atoms with Gasteiger partial charge in [0, 0.05) is 12.0 Å². The Balaban J connectivity index is 1.70. The maximum Gasteiger partial charge on any atom is 0.270 e. The fourth-order valence-electron chi connectivity index (χ4n) is 3.17. The van der Waals surface area contributed by atoms with E-state index in [9.17, 15) is 4.79 Å². The van der Waals surface area contributed by atoms with Crippen LogP contribution >= 0.6 is 0 Å². The van der Waals surface area contributed by atoms with Crippen molar-refractivity contribution in [3.05, 3.63) is 88.0 Å². The van der Waals surface area contributed by atoms with Crippen molar-refractivity contribution in [2.75, 3.05) is 0 Å². The summed E-state index contributed by atoms with van der Waals surface area (Å²) in [5.41, 5.74) is 9.34. The van der Waals surface area contributed by atoms with E-state index in [1.807, 2.05) is 6.08 Å². The number of hydroxylamine groups is 1. The molecule has 3 heteroatoms. The van der Waals surface area contributed by atoms with Crippen molar-refractivity contribution in [2.24, 2.45) is 0 Å². The Kier molecular flexibility index (Phi) is 4.63. The van der Waals surface area contributed by atoms with Crippen LogP contribution in [0.3, 0.4) is 0 Å². The molecule has 0 saturated carbocycles. The molecule has 0 aromatic heterocycles. The van der Waals surface area contributed by atoms with Crippen molar-refractivity contribution in [1.29, 1.82) is 0 Å². The summed E-state index contributed by atoms with van der Waals surface area (Å²) >= 11 is 0. The Morgan fingerprint density at radius 3 is 2.62 bits per heavy atom. The van der Waals surface area contributed by atoms with Crippen LogP contribution in [0.15, 0.2) is 60.2 Å². The van der Waals surface area contributed by atoms with Crippen LogP contribution in [0.1, 0.15) is 27.8 Å². The van der Waals surface area contributed by atoms with Gasteiger partial charge < -0.3 is 0 Å². The molecular weight excluding hydrogens is 298 g/mol. The number of benzene rings is 2. The average Bonchev–Trinajstić information content (AvgIpc) is 2.97. The SMILES string of the molecule is C=C(Cc1cccc(C)c1)Cc1ccc2c(c1)C=C(C(=O)NO)C2. The fraction of sp³-hybridized carbons (Fsp3) is 0.190. The molecule has 0 atom stereocenters. The van der Waals surface area contributed by atoms with Crippen molar-refractivity contribution in [2.45, 2.75) is 26.2 Å². The van der Waals surface area contributed by atoms with Crippen LogP contribution in [0.25, 0.3) is 6.08 Å². The largest absolute Gasteiger partial charge is 0.288 e. The summed E-state index contributed by atoms with van der Waals surface area (Å²) in [6.45, 7) is 6.31. The van der Waals surface area contributed by atoms with Crippen LogP contribution < -0.4 is 5.48 Å². The molecular formula is C21H21NO2. The molecule has 0 spiro atoms. The van der Waals surface area contributed by atoms with Crippen molar-refractivity contribution in [1.82, 2.24) is 5.48 Å². The second kappa shape index (κ2) is 6.85. The summed E-state index contributed by atoms with van der Waals surface area (Å²) in [5, 5.41) is 8.76. The van der Waals surface area contributed by atoms with Gasteiger partial charge in [-0.1, -0.05) is 60.2 Å². The quantitative estimate of drug-likeness (QED) is 0.500. The third-order valence-electron chi connectivity index (χ3n) is 4.30. The first-order chi connectivity index (χ1) is 11.5. The van der Waals surface area contributed by atoms with Crippen molar-refractivity contribution in [3.63, 3.8) is 0 Å². The highest BCUT2D eigenvalue weighted by Crippen LogP contribution is 2.27. The molecule has 2 aromatic rings. The van der Waals surface area contributed by atoms with Gasteiger partial charge in [-0.15, -0.1) is 0 Å². The molecule has 1 aliphatic carbocycles. The predicted molar refractivity (Wildman–Crippen MR) is 95.8 cm³/mol. The number of hydrogen-bond acceptors (Lipinski definition) is 2. The van der Waals surface area contributed by atoms with E-state index in [4.69, 9.17) is 5.21 Å². The third-order valence-corrected chi connectivity index (χ3v) is 4.30. The standard InChI is InChI=1S/C21H21NO2/c1-14-4-3-5-16(8-14)9-15(2)10-17-6-7-18-12-20(21(23)22-24)13-19(18)11-17/h3-8,11,13,24H,2,9-10,12H2,1H3,(H,22,23). The molecule has 3 rings (SSSR count). The summed E-state index contributed by atoms with van der Waals surface area (Å²) in [7, 11) is 0. The molecule has 0 radical (unpaired) electrons. The highest BCUT2D eigenvalue weighted by Gasteiger charge is 2.18. The van der Waals surface area contributed by atoms with Gasteiger partial charge in [-0.05, 0) is 48.1 Å². The Morgan fingerprint density at radius 1 is 1.17 bits per heavy atom. The van der Waals surface area contributed by atoms with Crippen LogP contribution in [0.4, 0.5) is 0 Å². The average molecular weight is 319 g/mol. The smallest absolute Gasteiger partial charge is 0.270 e. The molecule has 0 unspecified atom stereocenters. The molecule has 122 valence electrons. The lowest BCUT2D eigenvalue weighted by atomic mass is 9.97. The molecule has 1 amide bonds. The van der Waals surface area contributed by atoms with Crippen LogP contribution in [0, 0.1) is 6.92 Å². The van der Waals surface area contributed by atoms with E-state index in [1.54, 1.807) is 5.48 Å². The molecule has 2 aromatic carbocycles. The summed E-state index contributed by atoms with van der Waals surface area (Å²) in [4.78, 5) is 11.5. The minimum atomic E-state index is -0.434. The van der Waals surface area contributed by atoms with Crippen LogP contribution in [-0.4, -0.2) is 11.1 Å². The molecule has 3 nitrogen and oxygen atoms in total. The van der Waals surface area contributed by atoms with Gasteiger partial charge in [-0.2, -0.15) is 0 Å². The molecule has 1 aliphatic rings. The van der Waals surface area contributed by atoms with Gasteiger partial charge in [0.25, 0.3) is 5.91 Å². The van der Waals surface area contributed by atoms with Crippen molar-refractivity contribution >= 4 is 12.0 Å². The van der Waals surface area contributed by atoms with Gasteiger partial charge in [0.1, 0.15) is 0 Å². The van der Waals surface area contributed by atoms with E-state index in [2.05, 4.69) is 56.0 Å². The monoisotopic (exact) mass is 319 g/mol. The summed E-state index contributed by atoms with van der Waals surface area (Å²) in [6.07, 6.45) is 4.09. The van der Waals surface area contributed by atoms with E-state index in [-0.39, 0.29) is 0 Å². The van der Waals surface area contributed by atoms with E-state index >= 15 is 0 Å². The number of amides is 1. The molecule has 0 bridgehead atoms. The molecule has 0 saturated heterocycles. The number of carbonyl (C=O) groups excluding carboxylic acids is 1. The maximum absolute atomic E-state index is 11.5. The first-order valence-corrected chi connectivity index (χ1v) is 8.04. The normalized spacial score (nSPS) is 12.5. The maximum atomic E-state index is 11.5. The van der Waals surface area contributed by atoms with E-state index < -0.39 is 5.91 Å². The number of carbonyl (C=O) groups is 1. The zero-order valence-electron chi connectivity index (χ0n) is 13.8. The summed E-state index contributed by atoms with van der Waals surface area (Å²) in [6, 6.07) is 14.7. The lowest BCUT2D eigenvalue weighted by Crippen LogP contribution is -2.20. The van der Waals surface area contributed by atoms with Crippen LogP contribution in [-0.2, 0) is 24.1 Å². The molecule has 0 aliphatic heterocycles. The summed E-state index contributed by atoms with van der Waals surface area (Å²) < 4.78 is 0. The van der Waals surface area contributed by atoms with Gasteiger partial charge in [0.15, 0.2) is 0 Å². The van der Waals surface area contributed by atoms with Crippen molar-refractivity contribution in [3.8, 4) is 0 Å².